The molecule has 2 heteroatoms. The van der Waals surface area contributed by atoms with Gasteiger partial charge in [-0.3, -0.25) is 4.79 Å². The van der Waals surface area contributed by atoms with E-state index in [0.29, 0.717) is 6.42 Å². The molecule has 0 aliphatic rings. The van der Waals surface area contributed by atoms with Crippen molar-refractivity contribution in [2.24, 2.45) is 0 Å². The Labute approximate surface area is 149 Å². The maximum Gasteiger partial charge on any atom is 0.230 e. The molecule has 0 spiro atoms. The van der Waals surface area contributed by atoms with Gasteiger partial charge in [0.15, 0.2) is 0 Å². The van der Waals surface area contributed by atoms with Crippen molar-refractivity contribution in [3.63, 3.8) is 0 Å². The van der Waals surface area contributed by atoms with Crippen LogP contribution in [-0.4, -0.2) is 13.0 Å². The fourth-order valence-electron chi connectivity index (χ4n) is 2.76. The molecule has 0 saturated heterocycles. The summed E-state index contributed by atoms with van der Waals surface area (Å²) in [6, 6.07) is 30.1. The first-order chi connectivity index (χ1) is 12.3. The lowest BCUT2D eigenvalue weighted by Crippen LogP contribution is -2.25. The average Bonchev–Trinajstić information content (AvgIpc) is 2.70. The Morgan fingerprint density at radius 2 is 1.20 bits per heavy atom. The molecule has 0 aliphatic carbocycles. The summed E-state index contributed by atoms with van der Waals surface area (Å²) in [4.78, 5) is 14.3. The highest BCUT2D eigenvalue weighted by atomic mass is 16.2. The van der Waals surface area contributed by atoms with Crippen LogP contribution in [-0.2, 0) is 4.79 Å². The fraction of sp³-hybridized carbons (Fsp3) is 0.0870. The largest absolute Gasteiger partial charge is 0.315 e. The number of anilines is 1. The molecule has 0 fully saturated rings. The number of para-hydroxylation sites is 1. The van der Waals surface area contributed by atoms with Crippen LogP contribution in [0.5, 0.6) is 0 Å². The van der Waals surface area contributed by atoms with Crippen molar-refractivity contribution >= 4 is 17.2 Å². The van der Waals surface area contributed by atoms with Gasteiger partial charge in [-0.2, -0.15) is 0 Å². The van der Waals surface area contributed by atoms with E-state index in [1.807, 2.05) is 79.9 Å². The highest BCUT2D eigenvalue weighted by Gasteiger charge is 2.11. The first-order valence-electron chi connectivity index (χ1n) is 8.38. The van der Waals surface area contributed by atoms with Crippen molar-refractivity contribution in [3.8, 4) is 0 Å². The van der Waals surface area contributed by atoms with Gasteiger partial charge in [-0.25, -0.2) is 0 Å². The van der Waals surface area contributed by atoms with Crippen LogP contribution in [0.4, 0.5) is 5.69 Å². The second-order valence-corrected chi connectivity index (χ2v) is 5.84. The fourth-order valence-corrected chi connectivity index (χ4v) is 2.76. The standard InChI is InChI=1S/C23H21NO/c1-24(21-15-9-4-10-16-21)23(25)18-17-22(19-11-5-2-6-12-19)20-13-7-3-8-14-20/h2-17H,18H2,1H3. The van der Waals surface area contributed by atoms with Gasteiger partial charge < -0.3 is 4.90 Å². The molecule has 0 radical (unpaired) electrons. The molecule has 124 valence electrons. The van der Waals surface area contributed by atoms with E-state index in [2.05, 4.69) is 24.3 Å². The lowest BCUT2D eigenvalue weighted by Gasteiger charge is -2.17. The van der Waals surface area contributed by atoms with Crippen LogP contribution in [0, 0.1) is 0 Å². The van der Waals surface area contributed by atoms with Crippen molar-refractivity contribution in [2.45, 2.75) is 6.42 Å². The molecule has 0 aromatic heterocycles. The van der Waals surface area contributed by atoms with Gasteiger partial charge in [-0.15, -0.1) is 0 Å². The Bertz CT molecular complexity index is 798. The monoisotopic (exact) mass is 327 g/mol. The highest BCUT2D eigenvalue weighted by Crippen LogP contribution is 2.24. The van der Waals surface area contributed by atoms with Crippen molar-refractivity contribution in [2.75, 3.05) is 11.9 Å². The van der Waals surface area contributed by atoms with Crippen LogP contribution >= 0.6 is 0 Å². The first kappa shape index (κ1) is 16.7. The quantitative estimate of drug-likeness (QED) is 0.633. The molecular formula is C23H21NO. The Morgan fingerprint density at radius 1 is 0.760 bits per heavy atom. The van der Waals surface area contributed by atoms with Gasteiger partial charge in [0.1, 0.15) is 0 Å². The zero-order valence-electron chi connectivity index (χ0n) is 14.3. The zero-order chi connectivity index (χ0) is 17.5. The van der Waals surface area contributed by atoms with Crippen LogP contribution in [0.1, 0.15) is 17.5 Å². The Balaban J connectivity index is 1.85. The van der Waals surface area contributed by atoms with Gasteiger partial charge >= 0.3 is 0 Å². The SMILES string of the molecule is CN(C(=O)CC=C(c1ccccc1)c1ccccc1)c1ccccc1. The summed E-state index contributed by atoms with van der Waals surface area (Å²) in [7, 11) is 1.82. The Morgan fingerprint density at radius 3 is 1.68 bits per heavy atom. The van der Waals surface area contributed by atoms with Gasteiger partial charge in [-0.1, -0.05) is 84.9 Å². The molecule has 0 heterocycles. The molecule has 0 bridgehead atoms. The summed E-state index contributed by atoms with van der Waals surface area (Å²) in [6.45, 7) is 0. The average molecular weight is 327 g/mol. The number of hydrogen-bond acceptors (Lipinski definition) is 1. The number of nitrogens with zero attached hydrogens (tertiary/aromatic N) is 1. The van der Waals surface area contributed by atoms with E-state index < -0.39 is 0 Å². The molecule has 0 saturated carbocycles. The van der Waals surface area contributed by atoms with Crippen LogP contribution in [0.25, 0.3) is 5.57 Å². The Hall–Kier alpha value is -3.13. The third kappa shape index (κ3) is 4.24. The molecular weight excluding hydrogens is 306 g/mol. The topological polar surface area (TPSA) is 20.3 Å². The molecule has 25 heavy (non-hydrogen) atoms. The molecule has 3 aromatic carbocycles. The van der Waals surface area contributed by atoms with Crippen LogP contribution < -0.4 is 4.90 Å². The molecule has 3 rings (SSSR count). The number of rotatable bonds is 5. The van der Waals surface area contributed by atoms with E-state index >= 15 is 0 Å². The van der Waals surface area contributed by atoms with E-state index in [0.717, 1.165) is 22.4 Å². The van der Waals surface area contributed by atoms with Gasteiger partial charge in [0.2, 0.25) is 5.91 Å². The van der Waals surface area contributed by atoms with Crippen LogP contribution in [0.3, 0.4) is 0 Å². The van der Waals surface area contributed by atoms with Gasteiger partial charge in [0.25, 0.3) is 0 Å². The summed E-state index contributed by atoms with van der Waals surface area (Å²) in [5.74, 6) is 0.0653. The summed E-state index contributed by atoms with van der Waals surface area (Å²) in [5.41, 5.74) is 4.21. The minimum absolute atomic E-state index is 0.0653. The smallest absolute Gasteiger partial charge is 0.230 e. The molecule has 0 unspecified atom stereocenters. The minimum atomic E-state index is 0.0653. The van der Waals surface area contributed by atoms with E-state index in [4.69, 9.17) is 0 Å². The van der Waals surface area contributed by atoms with Gasteiger partial charge in [0, 0.05) is 19.2 Å². The number of amides is 1. The molecule has 0 aliphatic heterocycles. The number of benzene rings is 3. The van der Waals surface area contributed by atoms with Crippen molar-refractivity contribution in [1.82, 2.24) is 0 Å². The number of carbonyl (C=O) groups is 1. The van der Waals surface area contributed by atoms with E-state index in [1.165, 1.54) is 0 Å². The molecule has 3 aromatic rings. The predicted molar refractivity (Wildman–Crippen MR) is 104 cm³/mol. The lowest BCUT2D eigenvalue weighted by atomic mass is 9.97. The van der Waals surface area contributed by atoms with Gasteiger partial charge in [-0.05, 0) is 28.8 Å². The van der Waals surface area contributed by atoms with Crippen molar-refractivity contribution < 1.29 is 4.79 Å². The highest BCUT2D eigenvalue weighted by molar-refractivity contribution is 5.95. The van der Waals surface area contributed by atoms with E-state index in [9.17, 15) is 4.79 Å². The molecule has 1 amide bonds. The molecule has 2 nitrogen and oxygen atoms in total. The minimum Gasteiger partial charge on any atom is -0.315 e. The zero-order valence-corrected chi connectivity index (χ0v) is 14.3. The van der Waals surface area contributed by atoms with Crippen LogP contribution in [0.2, 0.25) is 0 Å². The Kier molecular flexibility index (Phi) is 5.43. The summed E-state index contributed by atoms with van der Waals surface area (Å²) < 4.78 is 0. The third-order valence-corrected chi connectivity index (χ3v) is 4.17. The molecule has 0 N–H and O–H groups in total. The van der Waals surface area contributed by atoms with Crippen molar-refractivity contribution in [3.05, 3.63) is 108 Å². The van der Waals surface area contributed by atoms with E-state index in [-0.39, 0.29) is 5.91 Å². The first-order valence-corrected chi connectivity index (χ1v) is 8.38. The second-order valence-electron chi connectivity index (χ2n) is 5.84. The molecule has 0 atom stereocenters. The second kappa shape index (κ2) is 8.11. The van der Waals surface area contributed by atoms with Gasteiger partial charge in [0.05, 0.1) is 0 Å². The summed E-state index contributed by atoms with van der Waals surface area (Å²) in [5, 5.41) is 0. The maximum absolute atomic E-state index is 12.6. The normalized spacial score (nSPS) is 10.1. The lowest BCUT2D eigenvalue weighted by molar-refractivity contribution is -0.117. The number of carbonyl (C=O) groups excluding carboxylic acids is 1. The van der Waals surface area contributed by atoms with Crippen LogP contribution in [0.15, 0.2) is 97.1 Å². The third-order valence-electron chi connectivity index (χ3n) is 4.17. The summed E-state index contributed by atoms with van der Waals surface area (Å²) in [6.07, 6.45) is 2.37. The van der Waals surface area contributed by atoms with Crippen molar-refractivity contribution in [1.29, 1.82) is 0 Å². The number of hydrogen-bond donors (Lipinski definition) is 0. The summed E-state index contributed by atoms with van der Waals surface area (Å²) >= 11 is 0. The van der Waals surface area contributed by atoms with E-state index in [1.54, 1.807) is 4.90 Å². The predicted octanol–water partition coefficient (Wildman–Crippen LogP) is 5.17. The maximum atomic E-state index is 12.6.